The fourth-order valence-electron chi connectivity index (χ4n) is 1.94. The second kappa shape index (κ2) is 5.06. The van der Waals surface area contributed by atoms with Crippen LogP contribution in [0, 0.1) is 5.41 Å². The van der Waals surface area contributed by atoms with Gasteiger partial charge in [0, 0.05) is 12.0 Å². The van der Waals surface area contributed by atoms with Gasteiger partial charge >= 0.3 is 0 Å². The van der Waals surface area contributed by atoms with Crippen LogP contribution in [-0.2, 0) is 6.42 Å². The molecule has 2 rings (SSSR count). The first kappa shape index (κ1) is 14.2. The molecule has 0 radical (unpaired) electrons. The maximum Gasteiger partial charge on any atom is 0.175 e. The fraction of sp³-hybridized carbons (Fsp3) is 0.357. The van der Waals surface area contributed by atoms with E-state index in [1.165, 1.54) is 0 Å². The summed E-state index contributed by atoms with van der Waals surface area (Å²) in [6.07, 6.45) is 0.702. The highest BCUT2D eigenvalue weighted by molar-refractivity contribution is 6.39. The topological polar surface area (TPSA) is 52.0 Å². The number of benzene rings is 1. The molecule has 1 aromatic carbocycles. The molecular weight excluding hydrogens is 283 g/mol. The van der Waals surface area contributed by atoms with Crippen molar-refractivity contribution in [3.8, 4) is 11.1 Å². The van der Waals surface area contributed by atoms with Crippen molar-refractivity contribution in [3.63, 3.8) is 0 Å². The van der Waals surface area contributed by atoms with Crippen molar-refractivity contribution in [2.45, 2.75) is 27.2 Å². The SMILES string of the molecule is CC(C)(C)Cc1onc(N)c1-c1c(Cl)cccc1Cl. The summed E-state index contributed by atoms with van der Waals surface area (Å²) in [6, 6.07) is 5.34. The third kappa shape index (κ3) is 3.04. The zero-order valence-corrected chi connectivity index (χ0v) is 12.6. The van der Waals surface area contributed by atoms with Crippen LogP contribution in [0.15, 0.2) is 22.7 Å². The Morgan fingerprint density at radius 3 is 2.26 bits per heavy atom. The Balaban J connectivity index is 2.59. The Labute approximate surface area is 122 Å². The lowest BCUT2D eigenvalue weighted by Crippen LogP contribution is -2.09. The maximum atomic E-state index is 6.23. The van der Waals surface area contributed by atoms with Crippen molar-refractivity contribution in [2.75, 3.05) is 5.73 Å². The van der Waals surface area contributed by atoms with Gasteiger partial charge in [-0.25, -0.2) is 0 Å². The number of rotatable bonds is 2. The smallest absolute Gasteiger partial charge is 0.175 e. The van der Waals surface area contributed by atoms with Crippen molar-refractivity contribution in [1.82, 2.24) is 5.16 Å². The molecule has 0 unspecified atom stereocenters. The first-order chi connectivity index (χ1) is 8.79. The van der Waals surface area contributed by atoms with E-state index < -0.39 is 0 Å². The summed E-state index contributed by atoms with van der Waals surface area (Å²) in [5.41, 5.74) is 7.34. The predicted octanol–water partition coefficient (Wildman–Crippen LogP) is 4.82. The van der Waals surface area contributed by atoms with Crippen molar-refractivity contribution in [2.24, 2.45) is 5.41 Å². The summed E-state index contributed by atoms with van der Waals surface area (Å²) in [5.74, 6) is 1.02. The number of nitrogens with zero attached hydrogens (tertiary/aromatic N) is 1. The minimum Gasteiger partial charge on any atom is -0.380 e. The molecule has 0 fully saturated rings. The molecule has 0 saturated heterocycles. The lowest BCUT2D eigenvalue weighted by Gasteiger charge is -2.17. The second-order valence-electron chi connectivity index (χ2n) is 5.70. The quantitative estimate of drug-likeness (QED) is 0.865. The van der Waals surface area contributed by atoms with Crippen LogP contribution in [0.2, 0.25) is 10.0 Å². The number of nitrogen functional groups attached to an aromatic ring is 1. The zero-order chi connectivity index (χ0) is 14.2. The third-order valence-electron chi connectivity index (χ3n) is 2.69. The van der Waals surface area contributed by atoms with E-state index in [0.29, 0.717) is 39.2 Å². The number of nitrogens with two attached hydrogens (primary N) is 1. The largest absolute Gasteiger partial charge is 0.380 e. The highest BCUT2D eigenvalue weighted by Gasteiger charge is 2.24. The van der Waals surface area contributed by atoms with Crippen LogP contribution >= 0.6 is 23.2 Å². The van der Waals surface area contributed by atoms with E-state index in [0.717, 1.165) is 0 Å². The first-order valence-corrected chi connectivity index (χ1v) is 6.73. The van der Waals surface area contributed by atoms with E-state index in [1.807, 2.05) is 0 Å². The summed E-state index contributed by atoms with van der Waals surface area (Å²) in [7, 11) is 0. The lowest BCUT2D eigenvalue weighted by atomic mass is 9.88. The minimum atomic E-state index is 0.0501. The van der Waals surface area contributed by atoms with Gasteiger partial charge in [0.25, 0.3) is 0 Å². The van der Waals surface area contributed by atoms with E-state index in [4.69, 9.17) is 33.5 Å². The maximum absolute atomic E-state index is 6.23. The van der Waals surface area contributed by atoms with Crippen LogP contribution < -0.4 is 5.73 Å². The van der Waals surface area contributed by atoms with Crippen LogP contribution in [0.25, 0.3) is 11.1 Å². The lowest BCUT2D eigenvalue weighted by molar-refractivity contribution is 0.322. The molecule has 0 aliphatic heterocycles. The van der Waals surface area contributed by atoms with Crippen LogP contribution in [0.5, 0.6) is 0 Å². The Kier molecular flexibility index (Phi) is 3.79. The summed E-state index contributed by atoms with van der Waals surface area (Å²) in [4.78, 5) is 0. The average molecular weight is 299 g/mol. The summed E-state index contributed by atoms with van der Waals surface area (Å²) >= 11 is 12.5. The van der Waals surface area contributed by atoms with Crippen LogP contribution in [0.3, 0.4) is 0 Å². The standard InChI is InChI=1S/C14H16Cl2N2O/c1-14(2,3)7-10-12(13(17)18-19-10)11-8(15)5-4-6-9(11)16/h4-6H,7H2,1-3H3,(H2,17,18). The molecule has 1 aromatic heterocycles. The summed E-state index contributed by atoms with van der Waals surface area (Å²) in [5, 5.41) is 4.92. The molecule has 0 amide bonds. The molecule has 0 bridgehead atoms. The highest BCUT2D eigenvalue weighted by Crippen LogP contribution is 2.41. The van der Waals surface area contributed by atoms with Gasteiger partial charge in [-0.1, -0.05) is 55.2 Å². The zero-order valence-electron chi connectivity index (χ0n) is 11.1. The molecule has 0 spiro atoms. The van der Waals surface area contributed by atoms with Crippen molar-refractivity contribution in [1.29, 1.82) is 0 Å². The monoisotopic (exact) mass is 298 g/mol. The van der Waals surface area contributed by atoms with Crippen LogP contribution in [0.4, 0.5) is 5.82 Å². The van der Waals surface area contributed by atoms with Gasteiger partial charge in [0.05, 0.1) is 15.6 Å². The van der Waals surface area contributed by atoms with Crippen LogP contribution in [0.1, 0.15) is 26.5 Å². The molecular formula is C14H16Cl2N2O. The Hall–Kier alpha value is -1.19. The molecule has 1 heterocycles. The number of aromatic nitrogens is 1. The molecule has 0 saturated carbocycles. The number of anilines is 1. The minimum absolute atomic E-state index is 0.0501. The molecule has 2 aromatic rings. The fourth-order valence-corrected chi connectivity index (χ4v) is 2.53. The average Bonchev–Trinajstić information content (AvgIpc) is 2.59. The Morgan fingerprint density at radius 1 is 1.16 bits per heavy atom. The first-order valence-electron chi connectivity index (χ1n) is 5.98. The van der Waals surface area contributed by atoms with E-state index >= 15 is 0 Å². The van der Waals surface area contributed by atoms with Crippen molar-refractivity contribution >= 4 is 29.0 Å². The van der Waals surface area contributed by atoms with Gasteiger partial charge in [0.2, 0.25) is 0 Å². The molecule has 2 N–H and O–H groups in total. The number of hydrogen-bond donors (Lipinski definition) is 1. The summed E-state index contributed by atoms with van der Waals surface area (Å²) in [6.45, 7) is 6.34. The van der Waals surface area contributed by atoms with Crippen LogP contribution in [-0.4, -0.2) is 5.16 Å². The molecule has 3 nitrogen and oxygen atoms in total. The van der Waals surface area contributed by atoms with Gasteiger partial charge < -0.3 is 10.3 Å². The molecule has 102 valence electrons. The second-order valence-corrected chi connectivity index (χ2v) is 6.51. The van der Waals surface area contributed by atoms with Gasteiger partial charge in [-0.15, -0.1) is 0 Å². The Morgan fingerprint density at radius 2 is 1.74 bits per heavy atom. The van der Waals surface area contributed by atoms with E-state index in [-0.39, 0.29) is 5.41 Å². The van der Waals surface area contributed by atoms with Crippen molar-refractivity contribution < 1.29 is 4.52 Å². The number of hydrogen-bond acceptors (Lipinski definition) is 3. The van der Waals surface area contributed by atoms with E-state index in [2.05, 4.69) is 25.9 Å². The highest BCUT2D eigenvalue weighted by atomic mass is 35.5. The predicted molar refractivity (Wildman–Crippen MR) is 79.5 cm³/mol. The van der Waals surface area contributed by atoms with Gasteiger partial charge in [-0.2, -0.15) is 0 Å². The summed E-state index contributed by atoms with van der Waals surface area (Å²) < 4.78 is 5.34. The van der Waals surface area contributed by atoms with E-state index in [9.17, 15) is 0 Å². The van der Waals surface area contributed by atoms with E-state index in [1.54, 1.807) is 18.2 Å². The van der Waals surface area contributed by atoms with Gasteiger partial charge in [-0.3, -0.25) is 0 Å². The molecule has 0 atom stereocenters. The molecule has 19 heavy (non-hydrogen) atoms. The molecule has 0 aliphatic rings. The van der Waals surface area contributed by atoms with Gasteiger partial charge in [0.1, 0.15) is 5.76 Å². The number of halogens is 2. The normalized spacial score (nSPS) is 11.8. The van der Waals surface area contributed by atoms with Gasteiger partial charge in [0.15, 0.2) is 5.82 Å². The Bertz CT molecular complexity index is 580. The molecule has 0 aliphatic carbocycles. The third-order valence-corrected chi connectivity index (χ3v) is 3.32. The molecule has 5 heteroatoms. The van der Waals surface area contributed by atoms with Crippen molar-refractivity contribution in [3.05, 3.63) is 34.0 Å². The van der Waals surface area contributed by atoms with Gasteiger partial charge in [-0.05, 0) is 17.5 Å².